The Bertz CT molecular complexity index is 360. The number of pyridine rings is 1. The van der Waals surface area contributed by atoms with E-state index < -0.39 is 10.8 Å². The molecule has 4 nitrogen and oxygen atoms in total. The third kappa shape index (κ3) is 2.54. The van der Waals surface area contributed by atoms with Crippen LogP contribution in [0.2, 0.25) is 0 Å². The van der Waals surface area contributed by atoms with Crippen molar-refractivity contribution in [2.75, 3.05) is 29.5 Å². The molecule has 0 amide bonds. The van der Waals surface area contributed by atoms with Gasteiger partial charge < -0.3 is 10.0 Å². The molecule has 15 heavy (non-hydrogen) atoms. The van der Waals surface area contributed by atoms with Gasteiger partial charge in [-0.15, -0.1) is 0 Å². The molecule has 0 spiro atoms. The fraction of sp³-hybridized carbons (Fsp3) is 0.500. The Morgan fingerprint density at radius 1 is 1.47 bits per heavy atom. The fourth-order valence-electron chi connectivity index (χ4n) is 1.60. The van der Waals surface area contributed by atoms with Gasteiger partial charge in [-0.25, -0.2) is 4.98 Å². The van der Waals surface area contributed by atoms with E-state index in [1.165, 1.54) is 0 Å². The fourth-order valence-corrected chi connectivity index (χ4v) is 2.65. The largest absolute Gasteiger partial charge is 0.392 e. The number of rotatable bonds is 2. The summed E-state index contributed by atoms with van der Waals surface area (Å²) < 4.78 is 11.2. The van der Waals surface area contributed by atoms with E-state index in [0.717, 1.165) is 24.5 Å². The molecule has 5 heteroatoms. The molecule has 0 aliphatic carbocycles. The van der Waals surface area contributed by atoms with Crippen LogP contribution in [0.15, 0.2) is 18.3 Å². The first-order valence-corrected chi connectivity index (χ1v) is 6.44. The van der Waals surface area contributed by atoms with E-state index >= 15 is 0 Å². The highest BCUT2D eigenvalue weighted by atomic mass is 32.2. The van der Waals surface area contributed by atoms with Crippen LogP contribution in [0.1, 0.15) is 5.56 Å². The molecule has 1 fully saturated rings. The van der Waals surface area contributed by atoms with Crippen molar-refractivity contribution in [3.05, 3.63) is 23.9 Å². The maximum absolute atomic E-state index is 11.2. The van der Waals surface area contributed by atoms with Crippen molar-refractivity contribution in [1.29, 1.82) is 0 Å². The van der Waals surface area contributed by atoms with Crippen LogP contribution in [0.25, 0.3) is 0 Å². The molecule has 2 rings (SSSR count). The van der Waals surface area contributed by atoms with E-state index in [0.29, 0.717) is 11.5 Å². The number of hydrogen-bond donors (Lipinski definition) is 1. The van der Waals surface area contributed by atoms with Gasteiger partial charge in [0.15, 0.2) is 0 Å². The minimum absolute atomic E-state index is 0.0370. The number of aromatic nitrogens is 1. The first kappa shape index (κ1) is 10.6. The first-order valence-electron chi connectivity index (χ1n) is 4.95. The van der Waals surface area contributed by atoms with Gasteiger partial charge >= 0.3 is 0 Å². The molecule has 1 N–H and O–H groups in total. The third-order valence-corrected chi connectivity index (χ3v) is 3.77. The van der Waals surface area contributed by atoms with Crippen molar-refractivity contribution >= 4 is 16.6 Å². The van der Waals surface area contributed by atoms with Gasteiger partial charge in [0.1, 0.15) is 5.82 Å². The molecule has 82 valence electrons. The Morgan fingerprint density at radius 2 is 2.20 bits per heavy atom. The van der Waals surface area contributed by atoms with Crippen molar-refractivity contribution in [1.82, 2.24) is 4.98 Å². The summed E-state index contributed by atoms with van der Waals surface area (Å²) in [5, 5.41) is 9.01. The molecule has 0 saturated carbocycles. The zero-order valence-electron chi connectivity index (χ0n) is 8.43. The number of aliphatic hydroxyl groups excluding tert-OH is 1. The third-order valence-electron chi connectivity index (χ3n) is 2.49. The van der Waals surface area contributed by atoms with E-state index in [1.54, 1.807) is 12.3 Å². The Kier molecular flexibility index (Phi) is 3.33. The molecule has 1 aliphatic heterocycles. The molecule has 0 aromatic carbocycles. The predicted octanol–water partition coefficient (Wildman–Crippen LogP) is 0.143. The second-order valence-corrected chi connectivity index (χ2v) is 5.21. The highest BCUT2D eigenvalue weighted by Crippen LogP contribution is 2.14. The molecule has 0 atom stereocenters. The maximum Gasteiger partial charge on any atom is 0.128 e. The summed E-state index contributed by atoms with van der Waals surface area (Å²) in [5.41, 5.74) is 0.867. The van der Waals surface area contributed by atoms with Gasteiger partial charge in [-0.2, -0.15) is 0 Å². The SMILES string of the molecule is O=S1CCN(c2cc(CO)ccn2)CC1. The second kappa shape index (κ2) is 4.72. The first-order chi connectivity index (χ1) is 7.29. The van der Waals surface area contributed by atoms with Gasteiger partial charge in [0.25, 0.3) is 0 Å². The van der Waals surface area contributed by atoms with Gasteiger partial charge in [0, 0.05) is 41.6 Å². The molecular weight excluding hydrogens is 212 g/mol. The topological polar surface area (TPSA) is 53.4 Å². The second-order valence-electron chi connectivity index (χ2n) is 3.52. The molecule has 1 aromatic rings. The summed E-state index contributed by atoms with van der Waals surface area (Å²) >= 11 is 0. The number of nitrogens with zero attached hydrogens (tertiary/aromatic N) is 2. The average molecular weight is 226 g/mol. The normalized spacial score (nSPS) is 18.1. The lowest BCUT2D eigenvalue weighted by molar-refractivity contribution is 0.281. The van der Waals surface area contributed by atoms with E-state index in [9.17, 15) is 4.21 Å². The van der Waals surface area contributed by atoms with E-state index in [4.69, 9.17) is 5.11 Å². The van der Waals surface area contributed by atoms with E-state index in [1.807, 2.05) is 6.07 Å². The molecule has 0 unspecified atom stereocenters. The van der Waals surface area contributed by atoms with Crippen molar-refractivity contribution in [3.63, 3.8) is 0 Å². The summed E-state index contributed by atoms with van der Waals surface area (Å²) in [6.45, 7) is 1.61. The number of anilines is 1. The monoisotopic (exact) mass is 226 g/mol. The van der Waals surface area contributed by atoms with Crippen LogP contribution in [0, 0.1) is 0 Å². The summed E-state index contributed by atoms with van der Waals surface area (Å²) in [4.78, 5) is 6.36. The van der Waals surface area contributed by atoms with Crippen LogP contribution < -0.4 is 4.90 Å². The number of aliphatic hydroxyl groups is 1. The average Bonchev–Trinajstić information content (AvgIpc) is 2.30. The molecule has 0 radical (unpaired) electrons. The van der Waals surface area contributed by atoms with Crippen molar-refractivity contribution in [2.45, 2.75) is 6.61 Å². The van der Waals surface area contributed by atoms with Crippen LogP contribution in [0.4, 0.5) is 5.82 Å². The van der Waals surface area contributed by atoms with Gasteiger partial charge in [-0.05, 0) is 17.7 Å². The van der Waals surface area contributed by atoms with Crippen molar-refractivity contribution in [3.8, 4) is 0 Å². The quantitative estimate of drug-likeness (QED) is 0.779. The highest BCUT2D eigenvalue weighted by molar-refractivity contribution is 7.85. The predicted molar refractivity (Wildman–Crippen MR) is 60.2 cm³/mol. The summed E-state index contributed by atoms with van der Waals surface area (Å²) in [5.74, 6) is 2.30. The molecule has 1 aliphatic rings. The smallest absolute Gasteiger partial charge is 0.128 e. The zero-order valence-corrected chi connectivity index (χ0v) is 9.24. The van der Waals surface area contributed by atoms with Gasteiger partial charge in [0.05, 0.1) is 6.61 Å². The van der Waals surface area contributed by atoms with Crippen LogP contribution in [0.3, 0.4) is 0 Å². The summed E-state index contributed by atoms with van der Waals surface area (Å²) in [6.07, 6.45) is 1.70. The zero-order chi connectivity index (χ0) is 10.7. The van der Waals surface area contributed by atoms with Crippen LogP contribution in [-0.4, -0.2) is 38.9 Å². The van der Waals surface area contributed by atoms with E-state index in [2.05, 4.69) is 9.88 Å². The molecule has 2 heterocycles. The maximum atomic E-state index is 11.2. The van der Waals surface area contributed by atoms with Crippen LogP contribution >= 0.6 is 0 Å². The van der Waals surface area contributed by atoms with Gasteiger partial charge in [-0.3, -0.25) is 4.21 Å². The lowest BCUT2D eigenvalue weighted by atomic mass is 10.2. The van der Waals surface area contributed by atoms with Crippen LogP contribution in [0.5, 0.6) is 0 Å². The molecule has 1 aromatic heterocycles. The lowest BCUT2D eigenvalue weighted by Crippen LogP contribution is -2.38. The van der Waals surface area contributed by atoms with Crippen LogP contribution in [-0.2, 0) is 17.4 Å². The Morgan fingerprint density at radius 3 is 2.87 bits per heavy atom. The summed E-state index contributed by atoms with van der Waals surface area (Å²) in [7, 11) is -0.661. The van der Waals surface area contributed by atoms with E-state index in [-0.39, 0.29) is 6.61 Å². The van der Waals surface area contributed by atoms with Crippen molar-refractivity contribution in [2.24, 2.45) is 0 Å². The lowest BCUT2D eigenvalue weighted by Gasteiger charge is -2.27. The molecule has 0 bridgehead atoms. The molecule has 1 saturated heterocycles. The highest BCUT2D eigenvalue weighted by Gasteiger charge is 2.16. The van der Waals surface area contributed by atoms with Gasteiger partial charge in [0.2, 0.25) is 0 Å². The number of hydrogen-bond acceptors (Lipinski definition) is 4. The van der Waals surface area contributed by atoms with Gasteiger partial charge in [-0.1, -0.05) is 0 Å². The Balaban J connectivity index is 2.11. The standard InChI is InChI=1S/C10H14N2O2S/c13-8-9-1-2-11-10(7-9)12-3-5-15(14)6-4-12/h1-2,7,13H,3-6,8H2. The Labute approximate surface area is 91.4 Å². The molecular formula is C10H14N2O2S. The van der Waals surface area contributed by atoms with Crippen molar-refractivity contribution < 1.29 is 9.32 Å². The Hall–Kier alpha value is -0.940. The minimum Gasteiger partial charge on any atom is -0.392 e. The minimum atomic E-state index is -0.661. The summed E-state index contributed by atoms with van der Waals surface area (Å²) in [6, 6.07) is 3.68.